The van der Waals surface area contributed by atoms with Gasteiger partial charge in [0.25, 0.3) is 0 Å². The van der Waals surface area contributed by atoms with Gasteiger partial charge in [0.2, 0.25) is 5.91 Å². The molecule has 2 aromatic rings. The Morgan fingerprint density at radius 2 is 2.27 bits per heavy atom. The van der Waals surface area contributed by atoms with Crippen LogP contribution < -0.4 is 10.6 Å². The maximum Gasteiger partial charge on any atom is 0.220 e. The molecule has 1 aromatic heterocycles. The summed E-state index contributed by atoms with van der Waals surface area (Å²) in [6, 6.07) is 9.81. The number of carbonyl (C=O) groups excluding carboxylic acids is 1. The van der Waals surface area contributed by atoms with Gasteiger partial charge >= 0.3 is 0 Å². The molecule has 1 saturated heterocycles. The van der Waals surface area contributed by atoms with E-state index in [-0.39, 0.29) is 24.4 Å². The van der Waals surface area contributed by atoms with E-state index in [1.54, 1.807) is 0 Å². The highest BCUT2D eigenvalue weighted by molar-refractivity contribution is 5.85. The van der Waals surface area contributed by atoms with E-state index in [0.29, 0.717) is 12.3 Å². The van der Waals surface area contributed by atoms with E-state index < -0.39 is 0 Å². The second kappa shape index (κ2) is 7.65. The summed E-state index contributed by atoms with van der Waals surface area (Å²) >= 11 is 0. The molecule has 2 atom stereocenters. The molecular formula is C17H23ClN2O2. The van der Waals surface area contributed by atoms with Gasteiger partial charge in [-0.15, -0.1) is 12.4 Å². The first-order valence-electron chi connectivity index (χ1n) is 7.71. The number of halogens is 1. The van der Waals surface area contributed by atoms with E-state index >= 15 is 0 Å². The van der Waals surface area contributed by atoms with Crippen LogP contribution in [0.25, 0.3) is 11.0 Å². The molecule has 1 amide bonds. The minimum atomic E-state index is -0.0911. The number of hydrogen-bond donors (Lipinski definition) is 2. The van der Waals surface area contributed by atoms with Crippen LogP contribution in [0.15, 0.2) is 34.7 Å². The first-order chi connectivity index (χ1) is 10.2. The van der Waals surface area contributed by atoms with Gasteiger partial charge in [0.15, 0.2) is 0 Å². The van der Waals surface area contributed by atoms with Crippen molar-refractivity contribution in [2.75, 3.05) is 13.1 Å². The average molecular weight is 323 g/mol. The molecule has 1 aliphatic heterocycles. The zero-order valence-electron chi connectivity index (χ0n) is 12.8. The normalized spacial score (nSPS) is 18.9. The van der Waals surface area contributed by atoms with Crippen LogP contribution in [0.4, 0.5) is 0 Å². The quantitative estimate of drug-likeness (QED) is 0.886. The molecule has 0 saturated carbocycles. The molecule has 0 bridgehead atoms. The lowest BCUT2D eigenvalue weighted by Gasteiger charge is -2.12. The van der Waals surface area contributed by atoms with E-state index in [1.165, 1.54) is 6.42 Å². The number of nitrogens with one attached hydrogen (secondary N) is 2. The zero-order chi connectivity index (χ0) is 14.7. The first-order valence-corrected chi connectivity index (χ1v) is 7.71. The van der Waals surface area contributed by atoms with E-state index in [4.69, 9.17) is 4.42 Å². The summed E-state index contributed by atoms with van der Waals surface area (Å²) in [5, 5.41) is 7.43. The lowest BCUT2D eigenvalue weighted by Crippen LogP contribution is -2.26. The smallest absolute Gasteiger partial charge is 0.220 e. The predicted molar refractivity (Wildman–Crippen MR) is 90.2 cm³/mol. The van der Waals surface area contributed by atoms with Crippen LogP contribution in [0.3, 0.4) is 0 Å². The van der Waals surface area contributed by atoms with Crippen molar-refractivity contribution in [3.63, 3.8) is 0 Å². The van der Waals surface area contributed by atoms with Gasteiger partial charge in [-0.2, -0.15) is 0 Å². The van der Waals surface area contributed by atoms with E-state index in [9.17, 15) is 4.79 Å². The van der Waals surface area contributed by atoms with Crippen LogP contribution in [0.1, 0.15) is 38.0 Å². The van der Waals surface area contributed by atoms with Crippen LogP contribution in [0.5, 0.6) is 0 Å². The van der Waals surface area contributed by atoms with Crippen LogP contribution in [0, 0.1) is 5.92 Å². The second-order valence-corrected chi connectivity index (χ2v) is 5.87. The molecule has 1 aliphatic rings. The molecule has 3 rings (SSSR count). The highest BCUT2D eigenvalue weighted by Gasteiger charge is 2.18. The number of furan rings is 1. The number of carbonyl (C=O) groups is 1. The summed E-state index contributed by atoms with van der Waals surface area (Å²) < 4.78 is 5.78. The molecular weight excluding hydrogens is 300 g/mol. The van der Waals surface area contributed by atoms with Gasteiger partial charge in [-0.3, -0.25) is 4.79 Å². The molecule has 2 heterocycles. The Kier molecular flexibility index (Phi) is 5.86. The van der Waals surface area contributed by atoms with Crippen LogP contribution in [-0.4, -0.2) is 19.0 Å². The van der Waals surface area contributed by atoms with Crippen LogP contribution in [0.2, 0.25) is 0 Å². The minimum Gasteiger partial charge on any atom is -0.459 e. The average Bonchev–Trinajstić information content (AvgIpc) is 3.14. The molecule has 22 heavy (non-hydrogen) atoms. The summed E-state index contributed by atoms with van der Waals surface area (Å²) in [5.41, 5.74) is 0.866. The minimum absolute atomic E-state index is 0. The highest BCUT2D eigenvalue weighted by Crippen LogP contribution is 2.23. The van der Waals surface area contributed by atoms with Crippen LogP contribution in [-0.2, 0) is 4.79 Å². The molecule has 0 aliphatic carbocycles. The fourth-order valence-electron chi connectivity index (χ4n) is 2.90. The van der Waals surface area contributed by atoms with Crippen LogP contribution >= 0.6 is 12.4 Å². The Morgan fingerprint density at radius 1 is 1.45 bits per heavy atom. The largest absolute Gasteiger partial charge is 0.459 e. The van der Waals surface area contributed by atoms with Gasteiger partial charge in [0.1, 0.15) is 11.3 Å². The third-order valence-corrected chi connectivity index (χ3v) is 4.19. The van der Waals surface area contributed by atoms with Crippen molar-refractivity contribution in [3.05, 3.63) is 36.1 Å². The molecule has 120 valence electrons. The first kappa shape index (κ1) is 16.8. The number of amides is 1. The van der Waals surface area contributed by atoms with Crippen molar-refractivity contribution in [2.24, 2.45) is 5.92 Å². The summed E-state index contributed by atoms with van der Waals surface area (Å²) in [4.78, 5) is 12.0. The Balaban J connectivity index is 0.00000176. The van der Waals surface area contributed by atoms with E-state index in [1.807, 2.05) is 37.3 Å². The third-order valence-electron chi connectivity index (χ3n) is 4.19. The highest BCUT2D eigenvalue weighted by atomic mass is 35.5. The number of rotatable bonds is 5. The van der Waals surface area contributed by atoms with Gasteiger partial charge in [-0.05, 0) is 50.9 Å². The predicted octanol–water partition coefficient (Wildman–Crippen LogP) is 3.42. The lowest BCUT2D eigenvalue weighted by molar-refractivity contribution is -0.122. The fraction of sp³-hybridized carbons (Fsp3) is 0.471. The SMILES string of the molecule is CC(NC(=O)CCC1CCNC1)c1cc2ccccc2o1.Cl. The fourth-order valence-corrected chi connectivity index (χ4v) is 2.90. The number of hydrogen-bond acceptors (Lipinski definition) is 3. The van der Waals surface area contributed by atoms with Crippen molar-refractivity contribution in [1.29, 1.82) is 0 Å². The molecule has 2 N–H and O–H groups in total. The van der Waals surface area contributed by atoms with Crippen molar-refractivity contribution >= 4 is 29.3 Å². The number of benzene rings is 1. The topological polar surface area (TPSA) is 54.3 Å². The van der Waals surface area contributed by atoms with Gasteiger partial charge in [0, 0.05) is 11.8 Å². The Bertz CT molecular complexity index is 587. The van der Waals surface area contributed by atoms with Crippen molar-refractivity contribution in [3.8, 4) is 0 Å². The molecule has 2 unspecified atom stereocenters. The maximum absolute atomic E-state index is 12.0. The molecule has 5 heteroatoms. The molecule has 0 spiro atoms. The Morgan fingerprint density at radius 3 is 3.00 bits per heavy atom. The zero-order valence-corrected chi connectivity index (χ0v) is 13.6. The second-order valence-electron chi connectivity index (χ2n) is 5.87. The lowest BCUT2D eigenvalue weighted by atomic mass is 10.0. The molecule has 0 radical (unpaired) electrons. The molecule has 1 aromatic carbocycles. The number of para-hydroxylation sites is 1. The van der Waals surface area contributed by atoms with E-state index in [2.05, 4.69) is 10.6 Å². The third kappa shape index (κ3) is 4.02. The van der Waals surface area contributed by atoms with E-state index in [0.717, 1.165) is 36.2 Å². The Hall–Kier alpha value is -1.52. The van der Waals surface area contributed by atoms with Gasteiger partial charge in [-0.25, -0.2) is 0 Å². The monoisotopic (exact) mass is 322 g/mol. The molecule has 4 nitrogen and oxygen atoms in total. The summed E-state index contributed by atoms with van der Waals surface area (Å²) in [5.74, 6) is 1.57. The summed E-state index contributed by atoms with van der Waals surface area (Å²) in [6.07, 6.45) is 2.75. The van der Waals surface area contributed by atoms with Gasteiger partial charge < -0.3 is 15.1 Å². The molecule has 1 fully saturated rings. The van der Waals surface area contributed by atoms with Gasteiger partial charge in [-0.1, -0.05) is 18.2 Å². The number of fused-ring (bicyclic) bond motifs is 1. The van der Waals surface area contributed by atoms with Crippen molar-refractivity contribution < 1.29 is 9.21 Å². The van der Waals surface area contributed by atoms with Crippen molar-refractivity contribution in [1.82, 2.24) is 10.6 Å². The Labute approximate surface area is 137 Å². The van der Waals surface area contributed by atoms with Gasteiger partial charge in [0.05, 0.1) is 6.04 Å². The summed E-state index contributed by atoms with van der Waals surface area (Å²) in [7, 11) is 0. The van der Waals surface area contributed by atoms with Crippen molar-refractivity contribution in [2.45, 2.75) is 32.2 Å². The standard InChI is InChI=1S/C17H22N2O2.ClH/c1-12(16-10-14-4-2-3-5-15(14)21-16)19-17(20)7-6-13-8-9-18-11-13;/h2-5,10,12-13,18H,6-9,11H2,1H3,(H,19,20);1H. The maximum atomic E-state index is 12.0. The summed E-state index contributed by atoms with van der Waals surface area (Å²) in [6.45, 7) is 4.10.